The predicted molar refractivity (Wildman–Crippen MR) is 79.7 cm³/mol. The molecule has 0 saturated carbocycles. The lowest BCUT2D eigenvalue weighted by Gasteiger charge is -2.09. The molecule has 0 bridgehead atoms. The second-order valence-corrected chi connectivity index (χ2v) is 3.50. The van der Waals surface area contributed by atoms with Crippen molar-refractivity contribution >= 4 is 54.2 Å². The van der Waals surface area contributed by atoms with Crippen molar-refractivity contribution in [2.24, 2.45) is 5.73 Å². The van der Waals surface area contributed by atoms with Gasteiger partial charge in [-0.25, -0.2) is 15.0 Å². The van der Waals surface area contributed by atoms with Crippen LogP contribution in [0.25, 0.3) is 11.2 Å². The van der Waals surface area contributed by atoms with E-state index in [9.17, 15) is 0 Å². The lowest BCUT2D eigenvalue weighted by molar-refractivity contribution is 0.545. The van der Waals surface area contributed by atoms with Gasteiger partial charge in [-0.2, -0.15) is 0 Å². The first-order valence-corrected chi connectivity index (χ1v) is 4.89. The lowest BCUT2D eigenvalue weighted by atomic mass is 10.2. The highest BCUT2D eigenvalue weighted by atomic mass is 35.5. The Labute approximate surface area is 124 Å². The number of hydrogen-bond acceptors (Lipinski definition) is 5. The second-order valence-electron chi connectivity index (χ2n) is 3.50. The first kappa shape index (κ1) is 19.5. The maximum absolute atomic E-state index is 5.87. The van der Waals surface area contributed by atoms with Gasteiger partial charge in [-0.3, -0.25) is 0 Å². The van der Waals surface area contributed by atoms with Gasteiger partial charge in [0, 0.05) is 12.6 Å². The molecule has 0 radical (unpaired) electrons. The van der Waals surface area contributed by atoms with E-state index in [1.807, 2.05) is 11.5 Å². The normalized spacial score (nSPS) is 11.0. The van der Waals surface area contributed by atoms with E-state index < -0.39 is 0 Å². The van der Waals surface area contributed by atoms with Crippen LogP contribution in [0.3, 0.4) is 0 Å². The number of nitrogens with two attached hydrogens (primary N) is 2. The fraction of sp³-hybridized carbons (Fsp3) is 0.444. The number of hydrogen-bond donors (Lipinski definition) is 2. The van der Waals surface area contributed by atoms with Gasteiger partial charge in [0.15, 0.2) is 11.5 Å². The minimum atomic E-state index is 0. The molecule has 9 heteroatoms. The monoisotopic (exact) mass is 314 g/mol. The molecule has 0 fully saturated rings. The molecule has 0 spiro atoms. The van der Waals surface area contributed by atoms with Gasteiger partial charge in [0.2, 0.25) is 0 Å². The number of imidazole rings is 1. The van der Waals surface area contributed by atoms with Crippen LogP contribution < -0.4 is 11.5 Å². The van der Waals surface area contributed by atoms with Crippen LogP contribution in [-0.2, 0) is 6.54 Å². The summed E-state index contributed by atoms with van der Waals surface area (Å²) in [4.78, 5) is 12.2. The molecule has 0 aliphatic carbocycles. The Hall–Kier alpha value is -0.820. The summed E-state index contributed by atoms with van der Waals surface area (Å²) in [6.45, 7) is 2.75. The third kappa shape index (κ3) is 3.84. The van der Waals surface area contributed by atoms with Crippen LogP contribution in [0, 0.1) is 0 Å². The summed E-state index contributed by atoms with van der Waals surface area (Å²) >= 11 is 0. The van der Waals surface area contributed by atoms with Crippen LogP contribution in [0.1, 0.15) is 13.3 Å². The summed E-state index contributed by atoms with van der Waals surface area (Å²) in [5.74, 6) is 0.406. The van der Waals surface area contributed by atoms with Crippen LogP contribution in [0.2, 0.25) is 0 Å². The van der Waals surface area contributed by atoms with Crippen molar-refractivity contribution in [2.75, 3.05) is 5.73 Å². The van der Waals surface area contributed by atoms with Crippen LogP contribution in [0.5, 0.6) is 0 Å². The average molecular weight is 316 g/mol. The maximum Gasteiger partial charge on any atom is 0.165 e. The third-order valence-corrected chi connectivity index (χ3v) is 2.39. The molecule has 0 amide bonds. The van der Waals surface area contributed by atoms with Gasteiger partial charge in [0.05, 0.1) is 6.33 Å². The van der Waals surface area contributed by atoms with Gasteiger partial charge < -0.3 is 16.0 Å². The summed E-state index contributed by atoms with van der Waals surface area (Å²) in [7, 11) is 0. The summed E-state index contributed by atoms with van der Waals surface area (Å²) < 4.78 is 1.90. The number of nitrogen functional groups attached to an aromatic ring is 1. The van der Waals surface area contributed by atoms with Crippen molar-refractivity contribution in [3.8, 4) is 0 Å². The zero-order valence-electron chi connectivity index (χ0n) is 9.81. The molecule has 0 aliphatic rings. The van der Waals surface area contributed by atoms with E-state index in [4.69, 9.17) is 11.5 Å². The van der Waals surface area contributed by atoms with Crippen LogP contribution in [-0.4, -0.2) is 25.6 Å². The van der Waals surface area contributed by atoms with Gasteiger partial charge >= 0.3 is 0 Å². The number of rotatable bonds is 3. The van der Waals surface area contributed by atoms with Crippen LogP contribution in [0.4, 0.5) is 5.82 Å². The van der Waals surface area contributed by atoms with Gasteiger partial charge in [-0.1, -0.05) is 6.92 Å². The van der Waals surface area contributed by atoms with E-state index >= 15 is 0 Å². The molecule has 0 aromatic carbocycles. The van der Waals surface area contributed by atoms with Crippen molar-refractivity contribution in [2.45, 2.75) is 25.9 Å². The van der Waals surface area contributed by atoms with Crippen molar-refractivity contribution in [3.05, 3.63) is 12.7 Å². The Balaban J connectivity index is 0. The molecule has 1 unspecified atom stereocenters. The number of anilines is 1. The molecule has 104 valence electrons. The molecule has 4 N–H and O–H groups in total. The highest BCUT2D eigenvalue weighted by Gasteiger charge is 2.09. The molecule has 6 nitrogen and oxygen atoms in total. The summed E-state index contributed by atoms with van der Waals surface area (Å²) in [5.41, 5.74) is 12.9. The molecule has 2 aromatic rings. The predicted octanol–water partition coefficient (Wildman–Crippen LogP) is 1.41. The molecule has 2 rings (SSSR count). The average Bonchev–Trinajstić information content (AvgIpc) is 2.63. The SMILES string of the molecule is CCC(N)Cn1cnc2c(N)ncnc21.Cl.Cl.Cl. The Bertz CT molecular complexity index is 474. The lowest BCUT2D eigenvalue weighted by Crippen LogP contribution is -2.24. The van der Waals surface area contributed by atoms with Gasteiger partial charge in [-0.15, -0.1) is 37.2 Å². The largest absolute Gasteiger partial charge is 0.382 e. The molecule has 0 aliphatic heterocycles. The number of nitrogens with zero attached hydrogens (tertiary/aromatic N) is 4. The molecular formula is C9H17Cl3N6. The zero-order chi connectivity index (χ0) is 10.8. The first-order valence-electron chi connectivity index (χ1n) is 4.89. The number of halogens is 3. The summed E-state index contributed by atoms with van der Waals surface area (Å²) in [6.07, 6.45) is 4.05. The Morgan fingerprint density at radius 1 is 1.22 bits per heavy atom. The molecule has 2 aromatic heterocycles. The minimum Gasteiger partial charge on any atom is -0.382 e. The van der Waals surface area contributed by atoms with E-state index in [2.05, 4.69) is 15.0 Å². The van der Waals surface area contributed by atoms with E-state index in [-0.39, 0.29) is 43.3 Å². The van der Waals surface area contributed by atoms with E-state index in [0.29, 0.717) is 17.9 Å². The van der Waals surface area contributed by atoms with Crippen molar-refractivity contribution in [1.82, 2.24) is 19.5 Å². The highest BCUT2D eigenvalue weighted by molar-refractivity contribution is 5.86. The van der Waals surface area contributed by atoms with Gasteiger partial charge in [-0.05, 0) is 6.42 Å². The third-order valence-electron chi connectivity index (χ3n) is 2.39. The summed E-state index contributed by atoms with van der Waals surface area (Å²) in [6, 6.07) is 0.110. The number of fused-ring (bicyclic) bond motifs is 1. The van der Waals surface area contributed by atoms with Crippen LogP contribution in [0.15, 0.2) is 12.7 Å². The van der Waals surface area contributed by atoms with E-state index in [0.717, 1.165) is 12.1 Å². The quantitative estimate of drug-likeness (QED) is 0.893. The molecule has 1 atom stereocenters. The second kappa shape index (κ2) is 8.31. The highest BCUT2D eigenvalue weighted by Crippen LogP contribution is 2.14. The molecule has 2 heterocycles. The van der Waals surface area contributed by atoms with Crippen LogP contribution >= 0.6 is 37.2 Å². The fourth-order valence-corrected chi connectivity index (χ4v) is 1.41. The van der Waals surface area contributed by atoms with Gasteiger partial charge in [0.25, 0.3) is 0 Å². The standard InChI is InChI=1S/C9H14N6.3ClH/c1-2-6(10)3-15-5-14-7-8(11)12-4-13-9(7)15;;;/h4-6H,2-3,10H2,1H3,(H2,11,12,13);3*1H. The number of aromatic nitrogens is 4. The fourth-order valence-electron chi connectivity index (χ4n) is 1.41. The van der Waals surface area contributed by atoms with Crippen molar-refractivity contribution in [1.29, 1.82) is 0 Å². The van der Waals surface area contributed by atoms with E-state index in [1.165, 1.54) is 6.33 Å². The maximum atomic E-state index is 5.87. The smallest absolute Gasteiger partial charge is 0.165 e. The Morgan fingerprint density at radius 3 is 2.50 bits per heavy atom. The Kier molecular flexibility index (Phi) is 9.01. The Morgan fingerprint density at radius 2 is 1.89 bits per heavy atom. The van der Waals surface area contributed by atoms with E-state index in [1.54, 1.807) is 6.33 Å². The first-order chi connectivity index (χ1) is 7.22. The zero-order valence-corrected chi connectivity index (χ0v) is 12.3. The summed E-state index contributed by atoms with van der Waals surface area (Å²) in [5, 5.41) is 0. The molecule has 18 heavy (non-hydrogen) atoms. The van der Waals surface area contributed by atoms with Crippen molar-refractivity contribution in [3.63, 3.8) is 0 Å². The van der Waals surface area contributed by atoms with Gasteiger partial charge in [0.1, 0.15) is 11.8 Å². The minimum absolute atomic E-state index is 0. The topological polar surface area (TPSA) is 95.6 Å². The molecule has 0 saturated heterocycles. The molecular weight excluding hydrogens is 298 g/mol. The van der Waals surface area contributed by atoms with Crippen molar-refractivity contribution < 1.29 is 0 Å².